The fourth-order valence-corrected chi connectivity index (χ4v) is 2.20. The van der Waals surface area contributed by atoms with E-state index in [0.717, 1.165) is 18.5 Å². The van der Waals surface area contributed by atoms with Gasteiger partial charge in [0.25, 0.3) is 11.6 Å². The maximum atomic E-state index is 12.3. The third-order valence-electron chi connectivity index (χ3n) is 3.09. The summed E-state index contributed by atoms with van der Waals surface area (Å²) in [4.78, 5) is 16.6. The first kappa shape index (κ1) is 13.5. The van der Waals surface area contributed by atoms with Crippen LogP contribution in [0.1, 0.15) is 48.4 Å². The Hall–Kier alpha value is -1.91. The molecule has 2 rings (SSSR count). The lowest BCUT2D eigenvalue weighted by atomic mass is 10.1. The van der Waals surface area contributed by atoms with E-state index in [4.69, 9.17) is 4.52 Å². The first-order valence-electron chi connectivity index (χ1n) is 6.57. The van der Waals surface area contributed by atoms with Gasteiger partial charge in [0.15, 0.2) is 0 Å². The molecule has 0 radical (unpaired) electrons. The number of aromatic nitrogens is 2. The predicted octanol–water partition coefficient (Wildman–Crippen LogP) is 2.76. The Morgan fingerprint density at radius 1 is 1.47 bits per heavy atom. The highest BCUT2D eigenvalue weighted by atomic mass is 16.5. The molecule has 102 valence electrons. The van der Waals surface area contributed by atoms with E-state index in [1.54, 1.807) is 6.07 Å². The lowest BCUT2D eigenvalue weighted by Crippen LogP contribution is -2.32. The molecule has 0 saturated heterocycles. The Bertz CT molecular complexity index is 604. The van der Waals surface area contributed by atoms with Crippen molar-refractivity contribution in [1.82, 2.24) is 15.5 Å². The van der Waals surface area contributed by atoms with Crippen LogP contribution in [0.2, 0.25) is 0 Å². The average Bonchev–Trinajstić information content (AvgIpc) is 2.70. The number of carbonyl (C=O) groups is 1. The van der Waals surface area contributed by atoms with E-state index >= 15 is 0 Å². The van der Waals surface area contributed by atoms with Gasteiger partial charge in [-0.25, -0.2) is 4.98 Å². The van der Waals surface area contributed by atoms with Gasteiger partial charge in [-0.05, 0) is 33.3 Å². The quantitative estimate of drug-likeness (QED) is 0.918. The summed E-state index contributed by atoms with van der Waals surface area (Å²) >= 11 is 0. The van der Waals surface area contributed by atoms with Crippen LogP contribution >= 0.6 is 0 Å². The highest BCUT2D eigenvalue weighted by Crippen LogP contribution is 2.21. The van der Waals surface area contributed by atoms with Crippen molar-refractivity contribution >= 4 is 17.0 Å². The van der Waals surface area contributed by atoms with Gasteiger partial charge in [0.2, 0.25) is 0 Å². The molecule has 0 spiro atoms. The van der Waals surface area contributed by atoms with Crippen LogP contribution in [0, 0.1) is 13.8 Å². The molecule has 0 bridgehead atoms. The Morgan fingerprint density at radius 3 is 2.89 bits per heavy atom. The minimum atomic E-state index is -0.0947. The minimum Gasteiger partial charge on any atom is -0.350 e. The van der Waals surface area contributed by atoms with E-state index in [1.807, 2.05) is 20.8 Å². The minimum absolute atomic E-state index is 0.0947. The summed E-state index contributed by atoms with van der Waals surface area (Å²) in [7, 11) is 0. The Morgan fingerprint density at radius 2 is 2.21 bits per heavy atom. The van der Waals surface area contributed by atoms with Crippen LogP contribution in [0.3, 0.4) is 0 Å². The fraction of sp³-hybridized carbons (Fsp3) is 0.500. The van der Waals surface area contributed by atoms with Gasteiger partial charge in [0.05, 0.1) is 16.6 Å². The lowest BCUT2D eigenvalue weighted by Gasteiger charge is -2.13. The van der Waals surface area contributed by atoms with Crippen LogP contribution < -0.4 is 5.32 Å². The van der Waals surface area contributed by atoms with Gasteiger partial charge in [0.1, 0.15) is 0 Å². The summed E-state index contributed by atoms with van der Waals surface area (Å²) in [5.74, 6) is -0.0947. The van der Waals surface area contributed by atoms with Crippen LogP contribution in [-0.4, -0.2) is 22.1 Å². The molecule has 0 aliphatic carbocycles. The zero-order valence-electron chi connectivity index (χ0n) is 11.8. The molecule has 0 unspecified atom stereocenters. The van der Waals surface area contributed by atoms with E-state index in [9.17, 15) is 4.79 Å². The standard InChI is InChI=1S/C14H19N3O2/c1-5-6-8(2)15-13(18)11-7-9(3)16-14-12(11)10(4)17-19-14/h7-8H,5-6H2,1-4H3,(H,15,18)/t8-/m0/s1. The number of nitrogens with one attached hydrogen (secondary N) is 1. The van der Waals surface area contributed by atoms with Gasteiger partial charge in [0, 0.05) is 11.7 Å². The summed E-state index contributed by atoms with van der Waals surface area (Å²) in [6, 6.07) is 1.93. The number of carbonyl (C=O) groups excluding carboxylic acids is 1. The molecule has 0 saturated carbocycles. The first-order chi connectivity index (χ1) is 9.02. The summed E-state index contributed by atoms with van der Waals surface area (Å²) in [5, 5.41) is 7.58. The van der Waals surface area contributed by atoms with E-state index in [-0.39, 0.29) is 11.9 Å². The maximum absolute atomic E-state index is 12.3. The Balaban J connectivity index is 2.38. The molecule has 1 N–H and O–H groups in total. The van der Waals surface area contributed by atoms with Crippen molar-refractivity contribution in [2.45, 2.75) is 46.6 Å². The number of hydrogen-bond acceptors (Lipinski definition) is 4. The van der Waals surface area contributed by atoms with Gasteiger partial charge in [-0.1, -0.05) is 18.5 Å². The molecule has 5 heteroatoms. The lowest BCUT2D eigenvalue weighted by molar-refractivity contribution is 0.0939. The molecule has 1 amide bonds. The number of nitrogens with zero attached hydrogens (tertiary/aromatic N) is 2. The topological polar surface area (TPSA) is 68.0 Å². The molecule has 2 aromatic rings. The zero-order chi connectivity index (χ0) is 14.0. The van der Waals surface area contributed by atoms with Gasteiger partial charge >= 0.3 is 0 Å². The molecular weight excluding hydrogens is 242 g/mol. The maximum Gasteiger partial charge on any atom is 0.258 e. The molecule has 0 aliphatic rings. The Kier molecular flexibility index (Phi) is 3.83. The summed E-state index contributed by atoms with van der Waals surface area (Å²) in [5.41, 5.74) is 2.45. The average molecular weight is 261 g/mol. The molecule has 0 fully saturated rings. The normalized spacial score (nSPS) is 12.6. The summed E-state index contributed by atoms with van der Waals surface area (Å²) in [6.45, 7) is 7.76. The zero-order valence-corrected chi connectivity index (χ0v) is 11.8. The van der Waals surface area contributed by atoms with Crippen LogP contribution in [-0.2, 0) is 0 Å². The number of pyridine rings is 1. The van der Waals surface area contributed by atoms with E-state index in [2.05, 4.69) is 22.4 Å². The second-order valence-corrected chi connectivity index (χ2v) is 4.92. The number of hydrogen-bond donors (Lipinski definition) is 1. The second kappa shape index (κ2) is 5.38. The van der Waals surface area contributed by atoms with E-state index in [1.165, 1.54) is 0 Å². The summed E-state index contributed by atoms with van der Waals surface area (Å²) < 4.78 is 5.13. The van der Waals surface area contributed by atoms with Crippen molar-refractivity contribution in [3.05, 3.63) is 23.0 Å². The molecular formula is C14H19N3O2. The van der Waals surface area contributed by atoms with Crippen LogP contribution in [0.4, 0.5) is 0 Å². The third kappa shape index (κ3) is 2.75. The molecule has 0 aromatic carbocycles. The largest absolute Gasteiger partial charge is 0.350 e. The molecule has 19 heavy (non-hydrogen) atoms. The summed E-state index contributed by atoms with van der Waals surface area (Å²) in [6.07, 6.45) is 2.00. The molecule has 5 nitrogen and oxygen atoms in total. The monoisotopic (exact) mass is 261 g/mol. The van der Waals surface area contributed by atoms with Crippen LogP contribution in [0.5, 0.6) is 0 Å². The van der Waals surface area contributed by atoms with Crippen molar-refractivity contribution in [3.63, 3.8) is 0 Å². The van der Waals surface area contributed by atoms with Crippen LogP contribution in [0.15, 0.2) is 10.6 Å². The number of fused-ring (bicyclic) bond motifs is 1. The highest BCUT2D eigenvalue weighted by Gasteiger charge is 2.18. The number of aryl methyl sites for hydroxylation is 2. The third-order valence-corrected chi connectivity index (χ3v) is 3.09. The first-order valence-corrected chi connectivity index (χ1v) is 6.57. The van der Waals surface area contributed by atoms with Crippen molar-refractivity contribution in [2.75, 3.05) is 0 Å². The molecule has 2 aromatic heterocycles. The predicted molar refractivity (Wildman–Crippen MR) is 73.1 cm³/mol. The molecule has 1 atom stereocenters. The van der Waals surface area contributed by atoms with Gasteiger partial charge in [-0.15, -0.1) is 0 Å². The molecule has 0 aliphatic heterocycles. The molecule has 2 heterocycles. The Labute approximate surface area is 112 Å². The van der Waals surface area contributed by atoms with E-state index in [0.29, 0.717) is 22.4 Å². The smallest absolute Gasteiger partial charge is 0.258 e. The number of amides is 1. The SMILES string of the molecule is CCC[C@H](C)NC(=O)c1cc(C)nc2onc(C)c12. The highest BCUT2D eigenvalue weighted by molar-refractivity contribution is 6.06. The van der Waals surface area contributed by atoms with Crippen molar-refractivity contribution in [2.24, 2.45) is 0 Å². The fourth-order valence-electron chi connectivity index (χ4n) is 2.20. The van der Waals surface area contributed by atoms with E-state index < -0.39 is 0 Å². The second-order valence-electron chi connectivity index (χ2n) is 4.92. The van der Waals surface area contributed by atoms with Crippen LogP contribution in [0.25, 0.3) is 11.1 Å². The van der Waals surface area contributed by atoms with Crippen molar-refractivity contribution in [1.29, 1.82) is 0 Å². The van der Waals surface area contributed by atoms with Crippen molar-refractivity contribution < 1.29 is 9.32 Å². The number of rotatable bonds is 4. The van der Waals surface area contributed by atoms with Gasteiger partial charge in [-0.3, -0.25) is 4.79 Å². The van der Waals surface area contributed by atoms with Gasteiger partial charge < -0.3 is 9.84 Å². The van der Waals surface area contributed by atoms with Crippen molar-refractivity contribution in [3.8, 4) is 0 Å². The van der Waals surface area contributed by atoms with Gasteiger partial charge in [-0.2, -0.15) is 0 Å².